The van der Waals surface area contributed by atoms with Gasteiger partial charge in [-0.05, 0) is 35.9 Å². The second-order valence-corrected chi connectivity index (χ2v) is 11.2. The zero-order valence-electron chi connectivity index (χ0n) is 21.6. The summed E-state index contributed by atoms with van der Waals surface area (Å²) in [7, 11) is -0.385. The van der Waals surface area contributed by atoms with Crippen LogP contribution in [0, 0.1) is 5.82 Å². The molecule has 2 aliphatic heterocycles. The number of fused-ring (bicyclic) bond motifs is 2. The summed E-state index contributed by atoms with van der Waals surface area (Å²) < 4.78 is 29.6. The average Bonchev–Trinajstić information content (AvgIpc) is 3.01. The van der Waals surface area contributed by atoms with E-state index in [0.29, 0.717) is 30.0 Å². The molecule has 10 heteroatoms. The van der Waals surface area contributed by atoms with Crippen molar-refractivity contribution in [2.24, 2.45) is 0 Å². The Morgan fingerprint density at radius 2 is 1.71 bits per heavy atom. The molecule has 204 valence electrons. The number of halogens is 1. The predicted octanol–water partition coefficient (Wildman–Crippen LogP) is 6.92. The van der Waals surface area contributed by atoms with E-state index < -0.39 is 22.6 Å². The topological polar surface area (TPSA) is 79.3 Å². The van der Waals surface area contributed by atoms with Gasteiger partial charge in [0.1, 0.15) is 10.7 Å². The van der Waals surface area contributed by atoms with Crippen molar-refractivity contribution < 1.29 is 27.5 Å². The molecule has 0 aliphatic carbocycles. The van der Waals surface area contributed by atoms with Gasteiger partial charge in [0.05, 0.1) is 11.3 Å². The normalized spacial score (nSPS) is 16.6. The van der Waals surface area contributed by atoms with Crippen molar-refractivity contribution in [3.05, 3.63) is 77.6 Å². The van der Waals surface area contributed by atoms with Gasteiger partial charge in [-0.3, -0.25) is 4.79 Å². The van der Waals surface area contributed by atoms with Gasteiger partial charge in [-0.25, -0.2) is 21.9 Å². The Balaban J connectivity index is 0.000000749. The van der Waals surface area contributed by atoms with E-state index in [0.717, 1.165) is 5.69 Å². The van der Waals surface area contributed by atoms with Gasteiger partial charge >= 0.3 is 5.97 Å². The number of carboxylic acid groups (broad SMARTS) is 1. The van der Waals surface area contributed by atoms with Gasteiger partial charge in [0, 0.05) is 43.0 Å². The number of nitrogens with zero attached hydrogens (tertiary/aromatic N) is 2. The third kappa shape index (κ3) is 5.60. The second kappa shape index (κ2) is 12.8. The first-order valence-corrected chi connectivity index (χ1v) is 13.6. The highest BCUT2D eigenvalue weighted by Crippen LogP contribution is 2.69. The molecule has 3 aromatic carbocycles. The zero-order chi connectivity index (χ0) is 26.6. The minimum absolute atomic E-state index is 0. The molecule has 38 heavy (non-hydrogen) atoms. The van der Waals surface area contributed by atoms with E-state index in [2.05, 4.69) is 13.8 Å². The molecule has 0 radical (unpaired) electrons. The molecule has 3 aromatic rings. The van der Waals surface area contributed by atoms with Crippen LogP contribution in [0.1, 0.15) is 47.4 Å². The van der Waals surface area contributed by atoms with Gasteiger partial charge in [-0.2, -0.15) is 13.5 Å². The maximum Gasteiger partial charge on any atom is 0.335 e. The molecule has 0 amide bonds. The summed E-state index contributed by atoms with van der Waals surface area (Å²) in [5.41, 5.74) is 2.00. The van der Waals surface area contributed by atoms with Crippen molar-refractivity contribution in [2.75, 3.05) is 31.8 Å². The fraction of sp³-hybridized carbons (Fsp3) is 0.286. The molecule has 1 saturated heterocycles. The Labute approximate surface area is 231 Å². The number of aromatic carboxylic acids is 1. The number of carbonyl (C=O) groups excluding carboxylic acids is 1. The van der Waals surface area contributed by atoms with Gasteiger partial charge in [-0.15, -0.1) is 0 Å². The van der Waals surface area contributed by atoms with Crippen molar-refractivity contribution in [3.8, 4) is 11.1 Å². The summed E-state index contributed by atoms with van der Waals surface area (Å²) in [4.78, 5) is 25.9. The minimum atomic E-state index is -2.29. The Morgan fingerprint density at radius 3 is 2.26 bits per heavy atom. The zero-order valence-corrected chi connectivity index (χ0v) is 23.5. The van der Waals surface area contributed by atoms with Gasteiger partial charge in [0.25, 0.3) is 0 Å². The molecule has 0 saturated carbocycles. The number of hydrogen-bond acceptors (Lipinski definition) is 6. The lowest BCUT2D eigenvalue weighted by molar-refractivity contribution is 0.0271. The minimum Gasteiger partial charge on any atom is -0.478 e. The number of para-hydroxylation sites is 1. The number of aldehydes is 1. The van der Waals surface area contributed by atoms with Crippen LogP contribution in [0.2, 0.25) is 0 Å². The molecular weight excluding hydrogens is 527 g/mol. The van der Waals surface area contributed by atoms with Crippen LogP contribution >= 0.6 is 24.3 Å². The Kier molecular flexibility index (Phi) is 9.97. The van der Waals surface area contributed by atoms with Crippen LogP contribution < -0.4 is 4.90 Å². The maximum atomic E-state index is 15.6. The second-order valence-electron chi connectivity index (χ2n) is 8.69. The molecule has 1 spiro atoms. The molecule has 5 rings (SSSR count). The summed E-state index contributed by atoms with van der Waals surface area (Å²) >= 11 is 0. The van der Waals surface area contributed by atoms with Crippen LogP contribution in [0.5, 0.6) is 0 Å². The van der Waals surface area contributed by atoms with Crippen LogP contribution in [-0.2, 0) is 8.37 Å². The van der Waals surface area contributed by atoms with E-state index >= 15 is 4.39 Å². The monoisotopic (exact) mass is 560 g/mol. The van der Waals surface area contributed by atoms with Crippen molar-refractivity contribution >= 4 is 47.9 Å². The lowest BCUT2D eigenvalue weighted by atomic mass is 9.97. The standard InChI is InChI=1S/C24H21FN2O5S.C4H10.H2S/c1-26-9-10-27(18-5-3-2-4-6-18)22-13-21(25)20(12-23(22)33(26)31-15-32-33)19-11-16(24(29)30)7-8-17(19)14-28;1-3-4-2;/h2-8,11-14H,9-10,15H2,1H3,(H,29,30);3-4H2,1-2H3;1H2. The fourth-order valence-electron chi connectivity index (χ4n) is 4.16. The Hall–Kier alpha value is -2.89. The molecule has 2 aliphatic rings. The summed E-state index contributed by atoms with van der Waals surface area (Å²) in [6.45, 7) is 5.69. The Morgan fingerprint density at radius 1 is 1.03 bits per heavy atom. The highest BCUT2D eigenvalue weighted by Gasteiger charge is 2.43. The fourth-order valence-corrected chi connectivity index (χ4v) is 6.41. The first-order chi connectivity index (χ1) is 17.9. The first kappa shape index (κ1) is 29.7. The van der Waals surface area contributed by atoms with Crippen LogP contribution in [0.25, 0.3) is 11.1 Å². The number of benzene rings is 3. The SMILES string of the molecule is CCCC.CN1CCN(c2ccccc2)c2cc(F)c(-c3cc(C(=O)O)ccc3C=O)cc2S12OCO2.S. The molecular formula is C28H33FN2O5S2. The lowest BCUT2D eigenvalue weighted by Gasteiger charge is -2.54. The number of likely N-dealkylation sites (N-methyl/N-ethyl adjacent to an activating group) is 1. The molecule has 7 nitrogen and oxygen atoms in total. The molecule has 2 heterocycles. The quantitative estimate of drug-likeness (QED) is 0.339. The molecule has 0 atom stereocenters. The van der Waals surface area contributed by atoms with Gasteiger partial charge in [0.2, 0.25) is 0 Å². The van der Waals surface area contributed by atoms with E-state index in [-0.39, 0.29) is 42.5 Å². The molecule has 0 unspecified atom stereocenters. The highest BCUT2D eigenvalue weighted by molar-refractivity contribution is 8.24. The summed E-state index contributed by atoms with van der Waals surface area (Å²) in [5.74, 6) is -1.73. The van der Waals surface area contributed by atoms with E-state index in [1.807, 2.05) is 46.6 Å². The van der Waals surface area contributed by atoms with E-state index in [4.69, 9.17) is 8.37 Å². The summed E-state index contributed by atoms with van der Waals surface area (Å²) in [5, 5.41) is 9.41. The van der Waals surface area contributed by atoms with Crippen LogP contribution in [-0.4, -0.2) is 48.6 Å². The first-order valence-electron chi connectivity index (χ1n) is 12.2. The summed E-state index contributed by atoms with van der Waals surface area (Å²) in [6, 6.07) is 16.7. The van der Waals surface area contributed by atoms with Crippen LogP contribution in [0.3, 0.4) is 0 Å². The van der Waals surface area contributed by atoms with Crippen molar-refractivity contribution in [3.63, 3.8) is 0 Å². The van der Waals surface area contributed by atoms with Crippen molar-refractivity contribution in [1.29, 1.82) is 0 Å². The van der Waals surface area contributed by atoms with Crippen molar-refractivity contribution in [1.82, 2.24) is 4.31 Å². The smallest absolute Gasteiger partial charge is 0.335 e. The number of hydrogen-bond donors (Lipinski definition) is 1. The summed E-state index contributed by atoms with van der Waals surface area (Å²) in [6.07, 6.45) is 3.23. The van der Waals surface area contributed by atoms with Gasteiger partial charge in [0.15, 0.2) is 13.1 Å². The van der Waals surface area contributed by atoms with E-state index in [9.17, 15) is 14.7 Å². The number of carbonyl (C=O) groups is 2. The van der Waals surface area contributed by atoms with Crippen molar-refractivity contribution in [2.45, 2.75) is 31.6 Å². The van der Waals surface area contributed by atoms with Gasteiger partial charge in [-0.1, -0.05) is 61.7 Å². The van der Waals surface area contributed by atoms with Crippen LogP contribution in [0.4, 0.5) is 15.8 Å². The average molecular weight is 561 g/mol. The third-order valence-electron chi connectivity index (χ3n) is 6.37. The molecule has 1 N–H and O–H groups in total. The third-order valence-corrected chi connectivity index (χ3v) is 9.08. The largest absolute Gasteiger partial charge is 0.478 e. The van der Waals surface area contributed by atoms with E-state index in [1.54, 1.807) is 6.07 Å². The number of unbranched alkanes of at least 4 members (excludes halogenated alkanes) is 1. The number of anilines is 2. The molecule has 0 aromatic heterocycles. The molecule has 1 fully saturated rings. The highest BCUT2D eigenvalue weighted by atomic mass is 32.3. The number of carboxylic acids is 1. The van der Waals surface area contributed by atoms with E-state index in [1.165, 1.54) is 37.1 Å². The predicted molar refractivity (Wildman–Crippen MR) is 154 cm³/mol. The lowest BCUT2D eigenvalue weighted by Crippen LogP contribution is -2.36. The number of rotatable bonds is 5. The van der Waals surface area contributed by atoms with Crippen LogP contribution in [0.15, 0.2) is 65.6 Å². The van der Waals surface area contributed by atoms with Gasteiger partial charge < -0.3 is 10.0 Å². The Bertz CT molecular complexity index is 1290. The maximum absolute atomic E-state index is 15.6. The molecule has 0 bridgehead atoms.